The normalized spacial score (nSPS) is 20.6. The molecule has 2 N–H and O–H groups in total. The largest absolute Gasteiger partial charge is 0.356 e. The monoisotopic (exact) mass is 379 g/mol. The number of aromatic amines is 1. The number of H-pyrrole nitrogens is 1. The summed E-state index contributed by atoms with van der Waals surface area (Å²) in [4.78, 5) is 19.6. The van der Waals surface area contributed by atoms with Gasteiger partial charge in [-0.2, -0.15) is 0 Å². The molecule has 0 aliphatic carbocycles. The Morgan fingerprint density at radius 2 is 1.66 bits per heavy atom. The molecule has 0 bridgehead atoms. The SMILES string of the molecule is O=C1Nc2ccccc2[C@]12c1[nH]c3ccccc3c1CCN2Cc1ccccc1. The van der Waals surface area contributed by atoms with E-state index in [4.69, 9.17) is 0 Å². The van der Waals surface area contributed by atoms with E-state index in [1.165, 1.54) is 16.5 Å². The third-order valence-electron chi connectivity index (χ3n) is 6.39. The number of para-hydroxylation sites is 2. The van der Waals surface area contributed by atoms with Gasteiger partial charge in [-0.05, 0) is 29.7 Å². The first-order valence-electron chi connectivity index (χ1n) is 10.1. The summed E-state index contributed by atoms with van der Waals surface area (Å²) in [6.07, 6.45) is 0.920. The molecule has 0 unspecified atom stereocenters. The number of hydrogen-bond acceptors (Lipinski definition) is 2. The molecule has 1 aromatic heterocycles. The molecule has 4 heteroatoms. The molecule has 142 valence electrons. The van der Waals surface area contributed by atoms with Crippen molar-refractivity contribution in [1.82, 2.24) is 9.88 Å². The zero-order chi connectivity index (χ0) is 19.4. The minimum Gasteiger partial charge on any atom is -0.356 e. The van der Waals surface area contributed by atoms with Gasteiger partial charge in [-0.15, -0.1) is 0 Å². The van der Waals surface area contributed by atoms with Gasteiger partial charge in [0.2, 0.25) is 0 Å². The van der Waals surface area contributed by atoms with Gasteiger partial charge in [-0.1, -0.05) is 66.7 Å². The Labute approximate surface area is 169 Å². The van der Waals surface area contributed by atoms with Crippen LogP contribution in [0.1, 0.15) is 22.4 Å². The number of nitrogens with zero attached hydrogens (tertiary/aromatic N) is 1. The van der Waals surface area contributed by atoms with E-state index in [-0.39, 0.29) is 5.91 Å². The van der Waals surface area contributed by atoms with Gasteiger partial charge in [0.15, 0.2) is 5.54 Å². The van der Waals surface area contributed by atoms with Crippen molar-refractivity contribution in [3.05, 3.63) is 101 Å². The molecule has 2 aliphatic heterocycles. The van der Waals surface area contributed by atoms with Gasteiger partial charge >= 0.3 is 0 Å². The third-order valence-corrected chi connectivity index (χ3v) is 6.39. The van der Waals surface area contributed by atoms with Crippen LogP contribution in [0, 0.1) is 0 Å². The number of carbonyl (C=O) groups excluding carboxylic acids is 1. The number of fused-ring (bicyclic) bond motifs is 6. The fourth-order valence-electron chi connectivity index (χ4n) is 5.15. The Hall–Kier alpha value is -3.37. The molecule has 4 nitrogen and oxygen atoms in total. The zero-order valence-electron chi connectivity index (χ0n) is 16.0. The average molecular weight is 379 g/mol. The molecule has 0 saturated carbocycles. The predicted octanol–water partition coefficient (Wildman–Crippen LogP) is 4.42. The molecule has 0 radical (unpaired) electrons. The van der Waals surface area contributed by atoms with Crippen molar-refractivity contribution in [3.8, 4) is 0 Å². The number of nitrogens with one attached hydrogen (secondary N) is 2. The molecule has 1 amide bonds. The Balaban J connectivity index is 1.62. The molecule has 2 aliphatic rings. The van der Waals surface area contributed by atoms with Crippen LogP contribution in [0.5, 0.6) is 0 Å². The minimum atomic E-state index is -0.834. The summed E-state index contributed by atoms with van der Waals surface area (Å²) in [6, 6.07) is 26.9. The van der Waals surface area contributed by atoms with Crippen LogP contribution in [-0.4, -0.2) is 22.3 Å². The second kappa shape index (κ2) is 6.06. The van der Waals surface area contributed by atoms with Crippen LogP contribution in [0.3, 0.4) is 0 Å². The van der Waals surface area contributed by atoms with E-state index in [1.807, 2.05) is 30.3 Å². The van der Waals surface area contributed by atoms with Crippen LogP contribution in [0.4, 0.5) is 5.69 Å². The fraction of sp³-hybridized carbons (Fsp3) is 0.160. The maximum absolute atomic E-state index is 13.7. The molecule has 6 rings (SSSR count). The molecule has 3 heterocycles. The smallest absolute Gasteiger partial charge is 0.255 e. The highest BCUT2D eigenvalue weighted by atomic mass is 16.2. The zero-order valence-corrected chi connectivity index (χ0v) is 16.0. The maximum atomic E-state index is 13.7. The van der Waals surface area contributed by atoms with Crippen LogP contribution in [-0.2, 0) is 23.3 Å². The van der Waals surface area contributed by atoms with Crippen molar-refractivity contribution in [2.75, 3.05) is 11.9 Å². The Morgan fingerprint density at radius 1 is 0.897 bits per heavy atom. The summed E-state index contributed by atoms with van der Waals surface area (Å²) in [5, 5.41) is 4.38. The standard InChI is InChI=1S/C25H21N3O/c29-24-25(20-11-5-7-13-22(20)27-24)23-19(18-10-4-6-12-21(18)26-23)14-15-28(25)16-17-8-2-1-3-9-17/h1-13,26H,14-16H2,(H,27,29)/t25-/m0/s1. The number of rotatable bonds is 2. The fourth-order valence-corrected chi connectivity index (χ4v) is 5.15. The van der Waals surface area contributed by atoms with E-state index < -0.39 is 5.54 Å². The first kappa shape index (κ1) is 16.6. The maximum Gasteiger partial charge on any atom is 0.255 e. The molecule has 4 aromatic rings. The van der Waals surface area contributed by atoms with Gasteiger partial charge in [0.25, 0.3) is 5.91 Å². The lowest BCUT2D eigenvalue weighted by molar-refractivity contribution is -0.126. The molecule has 1 spiro atoms. The molecule has 3 aromatic carbocycles. The highest BCUT2D eigenvalue weighted by Gasteiger charge is 2.56. The summed E-state index contributed by atoms with van der Waals surface area (Å²) >= 11 is 0. The molecule has 0 saturated heterocycles. The Kier molecular flexibility index (Phi) is 3.46. The summed E-state index contributed by atoms with van der Waals surface area (Å²) in [6.45, 7) is 1.54. The van der Waals surface area contributed by atoms with Crippen molar-refractivity contribution < 1.29 is 4.79 Å². The molecule has 1 atom stereocenters. The lowest BCUT2D eigenvalue weighted by atomic mass is 9.79. The van der Waals surface area contributed by atoms with Gasteiger partial charge in [-0.25, -0.2) is 0 Å². The van der Waals surface area contributed by atoms with Crippen LogP contribution in [0.15, 0.2) is 78.9 Å². The van der Waals surface area contributed by atoms with Crippen LogP contribution >= 0.6 is 0 Å². The van der Waals surface area contributed by atoms with E-state index in [2.05, 4.69) is 63.7 Å². The first-order chi connectivity index (χ1) is 14.3. The van der Waals surface area contributed by atoms with Gasteiger partial charge < -0.3 is 10.3 Å². The van der Waals surface area contributed by atoms with Crippen LogP contribution in [0.2, 0.25) is 0 Å². The lowest BCUT2D eigenvalue weighted by Gasteiger charge is -2.43. The highest BCUT2D eigenvalue weighted by Crippen LogP contribution is 2.50. The van der Waals surface area contributed by atoms with Crippen LogP contribution < -0.4 is 5.32 Å². The number of carbonyl (C=O) groups is 1. The predicted molar refractivity (Wildman–Crippen MR) is 115 cm³/mol. The number of benzene rings is 3. The first-order valence-corrected chi connectivity index (χ1v) is 10.1. The number of hydrogen-bond donors (Lipinski definition) is 2. The van der Waals surface area contributed by atoms with Crippen molar-refractivity contribution in [1.29, 1.82) is 0 Å². The van der Waals surface area contributed by atoms with Gasteiger partial charge in [0, 0.05) is 35.2 Å². The van der Waals surface area contributed by atoms with Gasteiger partial charge in [0.1, 0.15) is 0 Å². The summed E-state index contributed by atoms with van der Waals surface area (Å²) in [7, 11) is 0. The third kappa shape index (κ3) is 2.21. The summed E-state index contributed by atoms with van der Waals surface area (Å²) in [5.41, 5.74) is 5.69. The van der Waals surface area contributed by atoms with Crippen molar-refractivity contribution >= 4 is 22.5 Å². The van der Waals surface area contributed by atoms with E-state index in [9.17, 15) is 4.79 Å². The summed E-state index contributed by atoms with van der Waals surface area (Å²) < 4.78 is 0. The van der Waals surface area contributed by atoms with Crippen molar-refractivity contribution in [2.45, 2.75) is 18.5 Å². The molecule has 0 fully saturated rings. The highest BCUT2D eigenvalue weighted by molar-refractivity contribution is 6.09. The second-order valence-electron chi connectivity index (χ2n) is 7.89. The van der Waals surface area contributed by atoms with E-state index in [0.717, 1.165) is 42.0 Å². The van der Waals surface area contributed by atoms with Gasteiger partial charge in [0.05, 0.1) is 5.69 Å². The number of anilines is 1. The molecular formula is C25H21N3O. The van der Waals surface area contributed by atoms with E-state index in [1.54, 1.807) is 0 Å². The minimum absolute atomic E-state index is 0.0298. The quantitative estimate of drug-likeness (QED) is 0.542. The van der Waals surface area contributed by atoms with Crippen LogP contribution in [0.25, 0.3) is 10.9 Å². The van der Waals surface area contributed by atoms with E-state index in [0.29, 0.717) is 0 Å². The topological polar surface area (TPSA) is 48.1 Å². The number of aromatic nitrogens is 1. The van der Waals surface area contributed by atoms with Crippen molar-refractivity contribution in [2.24, 2.45) is 0 Å². The Bertz CT molecular complexity index is 1240. The van der Waals surface area contributed by atoms with Gasteiger partial charge in [-0.3, -0.25) is 9.69 Å². The summed E-state index contributed by atoms with van der Waals surface area (Å²) in [5.74, 6) is 0.0298. The second-order valence-corrected chi connectivity index (χ2v) is 7.89. The Morgan fingerprint density at radius 3 is 2.55 bits per heavy atom. The van der Waals surface area contributed by atoms with Crippen molar-refractivity contribution in [3.63, 3.8) is 0 Å². The lowest BCUT2D eigenvalue weighted by Crippen LogP contribution is -2.55. The average Bonchev–Trinajstić information content (AvgIpc) is 3.27. The number of amides is 1. The molecular weight excluding hydrogens is 358 g/mol. The molecule has 29 heavy (non-hydrogen) atoms. The van der Waals surface area contributed by atoms with E-state index >= 15 is 0 Å².